The van der Waals surface area contributed by atoms with Crippen molar-refractivity contribution in [3.63, 3.8) is 0 Å². The van der Waals surface area contributed by atoms with Gasteiger partial charge in [-0.15, -0.1) is 22.7 Å². The molecule has 2 aromatic heterocycles. The summed E-state index contributed by atoms with van der Waals surface area (Å²) in [5.74, 6) is 0. The Balaban J connectivity index is 1.07. The Kier molecular flexibility index (Phi) is 6.41. The van der Waals surface area contributed by atoms with Crippen LogP contribution in [-0.4, -0.2) is 0 Å². The van der Waals surface area contributed by atoms with Crippen molar-refractivity contribution >= 4 is 90.9 Å². The highest BCUT2D eigenvalue weighted by Gasteiger charge is 2.37. The molecule has 0 atom stereocenters. The van der Waals surface area contributed by atoms with E-state index >= 15 is 0 Å². The smallest absolute Gasteiger partial charge is 0.0543 e. The molecule has 2 heterocycles. The maximum absolute atomic E-state index is 2.48. The lowest BCUT2D eigenvalue weighted by Gasteiger charge is -2.29. The van der Waals surface area contributed by atoms with Crippen LogP contribution in [0, 0.1) is 0 Å². The average molecular weight is 700 g/mol. The molecule has 0 aliphatic heterocycles. The summed E-state index contributed by atoms with van der Waals surface area (Å²) in [6.07, 6.45) is 0. The Hall–Kier alpha value is -5.74. The zero-order chi connectivity index (χ0) is 34.6. The molecule has 0 spiro atoms. The van der Waals surface area contributed by atoms with Gasteiger partial charge in [-0.2, -0.15) is 0 Å². The molecule has 246 valence electrons. The second-order valence-electron chi connectivity index (χ2n) is 14.5. The van der Waals surface area contributed by atoms with Crippen LogP contribution < -0.4 is 4.90 Å². The summed E-state index contributed by atoms with van der Waals surface area (Å²) in [6, 6.07) is 61.1. The fourth-order valence-corrected chi connectivity index (χ4v) is 11.0. The topological polar surface area (TPSA) is 3.24 Å². The molecule has 0 radical (unpaired) electrons. The lowest BCUT2D eigenvalue weighted by Crippen LogP contribution is -2.16. The second-order valence-corrected chi connectivity index (χ2v) is 16.7. The van der Waals surface area contributed by atoms with Gasteiger partial charge in [0.25, 0.3) is 0 Å². The minimum absolute atomic E-state index is 0.0795. The van der Waals surface area contributed by atoms with Crippen LogP contribution in [0.25, 0.3) is 73.4 Å². The Morgan fingerprint density at radius 1 is 0.442 bits per heavy atom. The number of hydrogen-bond donors (Lipinski definition) is 0. The summed E-state index contributed by atoms with van der Waals surface area (Å²) in [5.41, 5.74) is 11.3. The Morgan fingerprint density at radius 3 is 1.96 bits per heavy atom. The monoisotopic (exact) mass is 699 g/mol. The Labute approximate surface area is 310 Å². The van der Waals surface area contributed by atoms with Gasteiger partial charge in [0.2, 0.25) is 0 Å². The molecule has 11 rings (SSSR count). The summed E-state index contributed by atoms with van der Waals surface area (Å²) in [7, 11) is 0. The summed E-state index contributed by atoms with van der Waals surface area (Å²) in [4.78, 5) is 2.48. The number of fused-ring (bicyclic) bond motifs is 11. The molecule has 0 amide bonds. The highest BCUT2D eigenvalue weighted by molar-refractivity contribution is 7.26. The molecule has 0 saturated heterocycles. The van der Waals surface area contributed by atoms with Gasteiger partial charge in [0, 0.05) is 62.7 Å². The van der Waals surface area contributed by atoms with Crippen molar-refractivity contribution in [3.05, 3.63) is 175 Å². The highest BCUT2D eigenvalue weighted by Crippen LogP contribution is 2.54. The molecule has 0 unspecified atom stereocenters. The van der Waals surface area contributed by atoms with Crippen molar-refractivity contribution in [2.24, 2.45) is 0 Å². The van der Waals surface area contributed by atoms with Crippen molar-refractivity contribution < 1.29 is 0 Å². The zero-order valence-corrected chi connectivity index (χ0v) is 30.5. The first-order valence-corrected chi connectivity index (χ1v) is 19.6. The van der Waals surface area contributed by atoms with Crippen LogP contribution in [0.4, 0.5) is 17.1 Å². The Morgan fingerprint density at radius 2 is 1.10 bits per heavy atom. The van der Waals surface area contributed by atoms with E-state index in [4.69, 9.17) is 0 Å². The van der Waals surface area contributed by atoms with Gasteiger partial charge in [0.1, 0.15) is 0 Å². The van der Waals surface area contributed by atoms with E-state index in [1.54, 1.807) is 0 Å². The first kappa shape index (κ1) is 29.9. The van der Waals surface area contributed by atoms with E-state index in [0.29, 0.717) is 0 Å². The first-order valence-electron chi connectivity index (χ1n) is 17.9. The molecule has 52 heavy (non-hydrogen) atoms. The normalized spacial score (nSPS) is 13.3. The predicted molar refractivity (Wildman–Crippen MR) is 227 cm³/mol. The largest absolute Gasteiger partial charge is 0.310 e. The van der Waals surface area contributed by atoms with Crippen LogP contribution in [0.1, 0.15) is 25.0 Å². The van der Waals surface area contributed by atoms with Gasteiger partial charge in [-0.05, 0) is 93.2 Å². The van der Waals surface area contributed by atoms with Crippen LogP contribution in [0.5, 0.6) is 0 Å². The minimum Gasteiger partial charge on any atom is -0.310 e. The van der Waals surface area contributed by atoms with Gasteiger partial charge in [-0.1, -0.05) is 123 Å². The van der Waals surface area contributed by atoms with Crippen molar-refractivity contribution in [1.29, 1.82) is 0 Å². The Bertz CT molecular complexity index is 3050. The molecular weight excluding hydrogens is 667 g/mol. The van der Waals surface area contributed by atoms with Gasteiger partial charge in [-0.3, -0.25) is 0 Å². The highest BCUT2D eigenvalue weighted by atomic mass is 32.1. The molecule has 10 aromatic rings. The number of rotatable bonds is 4. The molecular formula is C49H33NS2. The second kappa shape index (κ2) is 11.1. The molecule has 1 aliphatic carbocycles. The van der Waals surface area contributed by atoms with E-state index in [9.17, 15) is 0 Å². The van der Waals surface area contributed by atoms with Gasteiger partial charge in [0.15, 0.2) is 0 Å². The van der Waals surface area contributed by atoms with Crippen LogP contribution in [-0.2, 0) is 5.41 Å². The lowest BCUT2D eigenvalue weighted by molar-refractivity contribution is 0.660. The van der Waals surface area contributed by atoms with Crippen LogP contribution in [0.3, 0.4) is 0 Å². The number of benzene rings is 8. The number of anilines is 3. The van der Waals surface area contributed by atoms with Crippen molar-refractivity contribution in [1.82, 2.24) is 0 Å². The van der Waals surface area contributed by atoms with Crippen molar-refractivity contribution in [2.75, 3.05) is 4.90 Å². The fourth-order valence-electron chi connectivity index (χ4n) is 8.74. The van der Waals surface area contributed by atoms with Crippen molar-refractivity contribution in [3.8, 4) is 22.3 Å². The first-order chi connectivity index (χ1) is 25.5. The quantitative estimate of drug-likeness (QED) is 0.177. The van der Waals surface area contributed by atoms with Gasteiger partial charge in [-0.25, -0.2) is 0 Å². The summed E-state index contributed by atoms with van der Waals surface area (Å²) < 4.78 is 5.32. The number of hydrogen-bond acceptors (Lipinski definition) is 3. The maximum Gasteiger partial charge on any atom is 0.0543 e. The van der Waals surface area contributed by atoms with Crippen LogP contribution >= 0.6 is 22.7 Å². The SMILES string of the molecule is CC1(C)c2ccccc2-c2c(N(c3ccc(-c4ccc5c(ccc6sc7ccccc7c65)c4)cc3)c3ccc4c(c3)sc3ccccc34)cccc21. The van der Waals surface area contributed by atoms with Gasteiger partial charge in [0.05, 0.1) is 5.69 Å². The van der Waals surface area contributed by atoms with E-state index in [1.807, 2.05) is 22.7 Å². The number of thiophene rings is 2. The standard InChI is InChI=1S/C49H33NS2/c1-49(2)40-13-6-3-11-38(40)48-41(49)14-9-15-42(48)50(34-24-26-37-36-10-4-7-16-43(36)52-46(37)29-34)33-22-18-30(19-23-33)31-20-25-35-32(28-31)21-27-45-47(35)39-12-5-8-17-44(39)51-45/h3-29H,1-2H3. The maximum atomic E-state index is 2.48. The number of nitrogens with zero attached hydrogens (tertiary/aromatic N) is 1. The summed E-state index contributed by atoms with van der Waals surface area (Å²) >= 11 is 3.75. The molecule has 0 fully saturated rings. The van der Waals surface area contributed by atoms with Crippen LogP contribution in [0.15, 0.2) is 164 Å². The predicted octanol–water partition coefficient (Wildman–Crippen LogP) is 15.0. The van der Waals surface area contributed by atoms with E-state index in [0.717, 1.165) is 5.69 Å². The van der Waals surface area contributed by atoms with Gasteiger partial charge < -0.3 is 4.90 Å². The molecule has 0 saturated carbocycles. The molecule has 1 nitrogen and oxygen atoms in total. The van der Waals surface area contributed by atoms with E-state index in [-0.39, 0.29) is 5.41 Å². The third-order valence-electron chi connectivity index (χ3n) is 11.3. The van der Waals surface area contributed by atoms with Gasteiger partial charge >= 0.3 is 0 Å². The third-order valence-corrected chi connectivity index (χ3v) is 13.5. The minimum atomic E-state index is -0.0795. The summed E-state index contributed by atoms with van der Waals surface area (Å²) in [5, 5.41) is 7.94. The lowest BCUT2D eigenvalue weighted by atomic mass is 9.82. The molecule has 0 bridgehead atoms. The van der Waals surface area contributed by atoms with Crippen molar-refractivity contribution in [2.45, 2.75) is 19.3 Å². The van der Waals surface area contributed by atoms with E-state index < -0.39 is 0 Å². The van der Waals surface area contributed by atoms with Crippen LogP contribution in [0.2, 0.25) is 0 Å². The summed E-state index contributed by atoms with van der Waals surface area (Å²) in [6.45, 7) is 4.72. The fraction of sp³-hybridized carbons (Fsp3) is 0.0612. The third kappa shape index (κ3) is 4.33. The molecule has 1 aliphatic rings. The van der Waals surface area contributed by atoms with E-state index in [1.165, 1.54) is 95.9 Å². The molecule has 0 N–H and O–H groups in total. The zero-order valence-electron chi connectivity index (χ0n) is 28.9. The average Bonchev–Trinajstić information content (AvgIpc) is 3.83. The molecule has 8 aromatic carbocycles. The molecule has 3 heteroatoms. The van der Waals surface area contributed by atoms with E-state index in [2.05, 4.69) is 183 Å².